The van der Waals surface area contributed by atoms with E-state index in [1.165, 1.54) is 154 Å². The fourth-order valence-electron chi connectivity index (χ4n) is 17.8. The van der Waals surface area contributed by atoms with Crippen LogP contribution in [-0.2, 0) is 0 Å². The van der Waals surface area contributed by atoms with Crippen LogP contribution in [-0.4, -0.2) is 29.9 Å². The molecule has 4 heterocycles. The van der Waals surface area contributed by atoms with Crippen molar-refractivity contribution in [3.8, 4) is 113 Å². The van der Waals surface area contributed by atoms with Crippen LogP contribution in [0.25, 0.3) is 239 Å². The Hall–Kier alpha value is -15.1. The standard InChI is InChI=1S/2C55H33N3S/c1-2-13-36(14-3-1)53-56-54(37-29-25-34(26-30-37)39-22-12-23-47-44-19-10-11-24-50(44)59-52(39)47)58-55(57-53)38-31-27-35(28-32-38)48-33-49-42-17-5-4-15-40(42)41-16-6-8-20-45(41)51(49)46-21-9-7-18-43(46)48;1-2-12-36(13-3-1)53-56-54(37-26-22-34(23-27-37)39-30-31-51-48(32-39)44-18-10-11-21-50(44)59-51)58-55(57-53)38-28-24-35(25-29-38)47-33-49-42-16-5-4-14-40(42)41-15-6-8-19-45(41)52(49)46-20-9-7-17-43(46)47/h2*1-33H. The number of rotatable bonds is 10. The Balaban J connectivity index is 0.000000138. The van der Waals surface area contributed by atoms with Crippen LogP contribution < -0.4 is 0 Å². The largest absolute Gasteiger partial charge is 0.208 e. The molecule has 0 saturated carbocycles. The molecule has 24 rings (SSSR count). The number of aromatic nitrogens is 6. The van der Waals surface area contributed by atoms with E-state index in [1.54, 1.807) is 0 Å². The lowest BCUT2D eigenvalue weighted by Crippen LogP contribution is -2.00. The fourth-order valence-corrected chi connectivity index (χ4v) is 20.1. The number of thiophene rings is 2. The summed E-state index contributed by atoms with van der Waals surface area (Å²) < 4.78 is 5.23. The summed E-state index contributed by atoms with van der Waals surface area (Å²) in [6.45, 7) is 0. The van der Waals surface area contributed by atoms with Gasteiger partial charge in [-0.05, 0) is 167 Å². The average Bonchev–Trinajstić information content (AvgIpc) is 1.08. The van der Waals surface area contributed by atoms with E-state index in [0.29, 0.717) is 34.9 Å². The minimum atomic E-state index is 0.639. The molecule has 0 atom stereocenters. The fraction of sp³-hybridized carbons (Fsp3) is 0. The van der Waals surface area contributed by atoms with Crippen LogP contribution in [0.3, 0.4) is 0 Å². The van der Waals surface area contributed by atoms with Crippen molar-refractivity contribution in [1.82, 2.24) is 29.9 Å². The average molecular weight is 1540 g/mol. The molecule has 20 aromatic carbocycles. The maximum atomic E-state index is 5.12. The highest BCUT2D eigenvalue weighted by molar-refractivity contribution is 7.26. The molecule has 0 fully saturated rings. The first-order chi connectivity index (χ1) is 58.5. The van der Waals surface area contributed by atoms with E-state index < -0.39 is 0 Å². The van der Waals surface area contributed by atoms with Gasteiger partial charge in [-0.25, -0.2) is 29.9 Å². The molecule has 0 N–H and O–H groups in total. The van der Waals surface area contributed by atoms with Gasteiger partial charge in [0.1, 0.15) is 0 Å². The van der Waals surface area contributed by atoms with Crippen LogP contribution in [0.4, 0.5) is 0 Å². The van der Waals surface area contributed by atoms with Gasteiger partial charge in [-0.3, -0.25) is 0 Å². The second-order valence-corrected chi connectivity index (χ2v) is 32.3. The normalized spacial score (nSPS) is 11.7. The highest BCUT2D eigenvalue weighted by Gasteiger charge is 2.22. The van der Waals surface area contributed by atoms with Crippen molar-refractivity contribution in [2.24, 2.45) is 0 Å². The molecule has 0 saturated heterocycles. The Kier molecular flexibility index (Phi) is 16.5. The highest BCUT2D eigenvalue weighted by Crippen LogP contribution is 2.47. The Morgan fingerprint density at radius 3 is 0.805 bits per heavy atom. The summed E-state index contributed by atoms with van der Waals surface area (Å²) in [5, 5.41) is 25.5. The molecule has 0 aliphatic carbocycles. The first kappa shape index (κ1) is 68.5. The lowest BCUT2D eigenvalue weighted by atomic mass is 9.87. The van der Waals surface area contributed by atoms with Crippen LogP contribution in [0.2, 0.25) is 0 Å². The topological polar surface area (TPSA) is 77.3 Å². The summed E-state index contributed by atoms with van der Waals surface area (Å²) >= 11 is 3.69. The van der Waals surface area contributed by atoms with E-state index in [2.05, 4.69) is 364 Å². The van der Waals surface area contributed by atoms with Crippen molar-refractivity contribution in [3.63, 3.8) is 0 Å². The molecule has 0 unspecified atom stereocenters. The number of nitrogens with zero attached hydrogens (tertiary/aromatic N) is 6. The molecular formula is C110H66N6S2. The van der Waals surface area contributed by atoms with Crippen molar-refractivity contribution in [2.75, 3.05) is 0 Å². The first-order valence-electron chi connectivity index (χ1n) is 39.9. The van der Waals surface area contributed by atoms with E-state index in [-0.39, 0.29) is 0 Å². The van der Waals surface area contributed by atoms with Crippen molar-refractivity contribution in [1.29, 1.82) is 0 Å². The predicted octanol–water partition coefficient (Wildman–Crippen LogP) is 30.4. The van der Waals surface area contributed by atoms with Crippen molar-refractivity contribution in [3.05, 3.63) is 400 Å². The zero-order valence-electron chi connectivity index (χ0n) is 63.6. The van der Waals surface area contributed by atoms with Crippen molar-refractivity contribution in [2.45, 2.75) is 0 Å². The minimum Gasteiger partial charge on any atom is -0.208 e. The molecule has 0 aliphatic heterocycles. The third-order valence-electron chi connectivity index (χ3n) is 23.5. The Morgan fingerprint density at radius 1 is 0.136 bits per heavy atom. The number of benzene rings is 20. The molecule has 24 aromatic rings. The van der Waals surface area contributed by atoms with Crippen LogP contribution >= 0.6 is 22.7 Å². The van der Waals surface area contributed by atoms with Gasteiger partial charge in [-0.1, -0.05) is 364 Å². The third kappa shape index (κ3) is 11.8. The van der Waals surface area contributed by atoms with E-state index in [1.807, 2.05) is 59.1 Å². The molecule has 548 valence electrons. The maximum Gasteiger partial charge on any atom is 0.164 e. The summed E-state index contributed by atoms with van der Waals surface area (Å²) in [4.78, 5) is 30.4. The van der Waals surface area contributed by atoms with E-state index in [0.717, 1.165) is 50.1 Å². The first-order valence-corrected chi connectivity index (χ1v) is 41.5. The van der Waals surface area contributed by atoms with Gasteiger partial charge in [-0.15, -0.1) is 22.7 Å². The van der Waals surface area contributed by atoms with Gasteiger partial charge in [-0.2, -0.15) is 0 Å². The van der Waals surface area contributed by atoms with Gasteiger partial charge in [0, 0.05) is 73.7 Å². The van der Waals surface area contributed by atoms with Gasteiger partial charge < -0.3 is 0 Å². The van der Waals surface area contributed by atoms with Crippen LogP contribution in [0.5, 0.6) is 0 Å². The summed E-state index contributed by atoms with van der Waals surface area (Å²) in [6.07, 6.45) is 0. The molecule has 0 radical (unpaired) electrons. The molecule has 8 heteroatoms. The van der Waals surface area contributed by atoms with Crippen LogP contribution in [0.1, 0.15) is 0 Å². The lowest BCUT2D eigenvalue weighted by Gasteiger charge is -2.16. The van der Waals surface area contributed by atoms with Crippen LogP contribution in [0.15, 0.2) is 400 Å². The molecule has 0 amide bonds. The molecule has 4 aromatic heterocycles. The van der Waals surface area contributed by atoms with Crippen molar-refractivity contribution < 1.29 is 0 Å². The Morgan fingerprint density at radius 2 is 0.398 bits per heavy atom. The number of fused-ring (bicyclic) bond motifs is 22. The van der Waals surface area contributed by atoms with Gasteiger partial charge in [0.2, 0.25) is 0 Å². The third-order valence-corrected chi connectivity index (χ3v) is 25.8. The smallest absolute Gasteiger partial charge is 0.164 e. The summed E-state index contributed by atoms with van der Waals surface area (Å²) in [6, 6.07) is 143. The molecule has 0 bridgehead atoms. The Bertz CT molecular complexity index is 8130. The zero-order valence-corrected chi connectivity index (χ0v) is 65.2. The predicted molar refractivity (Wildman–Crippen MR) is 500 cm³/mol. The van der Waals surface area contributed by atoms with Crippen LogP contribution in [0, 0.1) is 0 Å². The van der Waals surface area contributed by atoms with Gasteiger partial charge in [0.25, 0.3) is 0 Å². The minimum absolute atomic E-state index is 0.639. The van der Waals surface area contributed by atoms with Gasteiger partial charge >= 0.3 is 0 Å². The maximum absolute atomic E-state index is 5.12. The van der Waals surface area contributed by atoms with Gasteiger partial charge in [0.15, 0.2) is 34.9 Å². The van der Waals surface area contributed by atoms with Gasteiger partial charge in [0.05, 0.1) is 0 Å². The van der Waals surface area contributed by atoms with E-state index in [4.69, 9.17) is 29.9 Å². The molecule has 118 heavy (non-hydrogen) atoms. The second-order valence-electron chi connectivity index (χ2n) is 30.2. The zero-order chi connectivity index (χ0) is 77.7. The monoisotopic (exact) mass is 1530 g/mol. The highest BCUT2D eigenvalue weighted by atomic mass is 32.1. The number of hydrogen-bond donors (Lipinski definition) is 0. The molecule has 6 nitrogen and oxygen atoms in total. The SMILES string of the molecule is c1ccc(-c2nc(-c3ccc(-c4cc5c6ccccc6c6ccccc6c5c5ccccc45)cc3)nc(-c3ccc(-c4cccc5c4sc4ccccc45)cc3)n2)cc1.c1ccc(-c2nc(-c3ccc(-c4ccc5sc6ccccc6c5c4)cc3)nc(-c3ccc(-c4cc5c6ccccc6c6ccccc6c5c5ccccc45)cc3)n2)cc1. The summed E-state index contributed by atoms with van der Waals surface area (Å²) in [5.74, 6) is 3.86. The van der Waals surface area contributed by atoms with E-state index >= 15 is 0 Å². The second kappa shape index (κ2) is 28.5. The molecule has 0 spiro atoms. The Labute approximate surface area is 687 Å². The quantitative estimate of drug-likeness (QED) is 0.127. The summed E-state index contributed by atoms with van der Waals surface area (Å²) in [5.41, 5.74) is 15.1. The van der Waals surface area contributed by atoms with Crippen molar-refractivity contribution >= 4 is 149 Å². The summed E-state index contributed by atoms with van der Waals surface area (Å²) in [7, 11) is 0. The number of hydrogen-bond acceptors (Lipinski definition) is 8. The van der Waals surface area contributed by atoms with E-state index in [9.17, 15) is 0 Å². The lowest BCUT2D eigenvalue weighted by molar-refractivity contribution is 1.07. The molecule has 0 aliphatic rings. The molecular weight excluding hydrogens is 1470 g/mol.